The lowest BCUT2D eigenvalue weighted by Crippen LogP contribution is -2.06. The van der Waals surface area contributed by atoms with Gasteiger partial charge in [-0.15, -0.1) is 0 Å². The van der Waals surface area contributed by atoms with E-state index in [1.54, 1.807) is 0 Å². The first-order chi connectivity index (χ1) is 27.4. The minimum atomic E-state index is 0.576. The van der Waals surface area contributed by atoms with Gasteiger partial charge in [-0.05, 0) is 236 Å². The second-order valence-corrected chi connectivity index (χ2v) is 17.3. The van der Waals surface area contributed by atoms with Gasteiger partial charge < -0.3 is 9.13 Å². The fourth-order valence-corrected chi connectivity index (χ4v) is 10.3. The second-order valence-electron chi connectivity index (χ2n) is 17.3. The van der Waals surface area contributed by atoms with Crippen LogP contribution in [0.2, 0.25) is 0 Å². The topological polar surface area (TPSA) is 57.4 Å². The van der Waals surface area contributed by atoms with Gasteiger partial charge in [0.05, 0.1) is 56.7 Å². The van der Waals surface area contributed by atoms with Gasteiger partial charge in [0.1, 0.15) is 0 Å². The maximum absolute atomic E-state index is 10.5. The Morgan fingerprint density at radius 1 is 0.310 bits per heavy atom. The smallest absolute Gasteiger partial charge is 0.0991 e. The van der Waals surface area contributed by atoms with Crippen LogP contribution < -0.4 is 0 Å². The Balaban J connectivity index is 1.66. The minimum Gasteiger partial charge on any atom is -0.308 e. The van der Waals surface area contributed by atoms with Gasteiger partial charge in [-0.2, -0.15) is 10.5 Å². The molecule has 0 aliphatic heterocycles. The van der Waals surface area contributed by atoms with E-state index in [-0.39, 0.29) is 0 Å². The minimum absolute atomic E-state index is 0.576. The molecular formula is C54H54N4. The quantitative estimate of drug-likeness (QED) is 0.180. The van der Waals surface area contributed by atoms with Gasteiger partial charge in [-0.1, -0.05) is 0 Å². The van der Waals surface area contributed by atoms with E-state index in [1.165, 1.54) is 133 Å². The van der Waals surface area contributed by atoms with Crippen molar-refractivity contribution in [3.05, 3.63) is 137 Å². The van der Waals surface area contributed by atoms with E-state index in [0.717, 1.165) is 22.5 Å². The van der Waals surface area contributed by atoms with Gasteiger partial charge in [-0.3, -0.25) is 0 Å². The van der Waals surface area contributed by atoms with Crippen LogP contribution in [-0.2, 0) is 0 Å². The summed E-state index contributed by atoms with van der Waals surface area (Å²) in [6.07, 6.45) is 0. The van der Waals surface area contributed by atoms with Crippen molar-refractivity contribution in [2.45, 2.75) is 111 Å². The van der Waals surface area contributed by atoms with E-state index in [0.29, 0.717) is 11.1 Å². The molecule has 0 aliphatic carbocycles. The number of nitriles is 2. The SMILES string of the molecule is Cc1c(C)c(C)c2c(c1C)c1c(C)c(C)c(C)c(C)c1n2-c1ccc(C#N)cc1-c1cc(C#N)ccc1-n1c2c(C)c(C)c(C)c(C)c2c2c(C)c(C)c(C)c(C)c21. The molecule has 4 nitrogen and oxygen atoms in total. The molecule has 0 spiro atoms. The van der Waals surface area contributed by atoms with Crippen molar-refractivity contribution in [2.24, 2.45) is 0 Å². The molecule has 0 saturated carbocycles. The molecule has 2 heterocycles. The van der Waals surface area contributed by atoms with Crippen molar-refractivity contribution in [2.75, 3.05) is 0 Å². The van der Waals surface area contributed by atoms with Crippen LogP contribution >= 0.6 is 0 Å². The third-order valence-corrected chi connectivity index (χ3v) is 15.0. The first kappa shape index (κ1) is 38.8. The zero-order valence-electron chi connectivity index (χ0n) is 37.3. The molecule has 8 aromatic rings. The Morgan fingerprint density at radius 3 is 0.759 bits per heavy atom. The van der Waals surface area contributed by atoms with Crippen LogP contribution in [0.25, 0.3) is 66.1 Å². The highest BCUT2D eigenvalue weighted by Crippen LogP contribution is 2.48. The number of aromatic nitrogens is 2. The molecule has 2 aromatic heterocycles. The molecular weight excluding hydrogens is 705 g/mol. The molecule has 0 saturated heterocycles. The Labute approximate surface area is 344 Å². The Hall–Kier alpha value is -6.10. The monoisotopic (exact) mass is 758 g/mol. The molecule has 0 unspecified atom stereocenters. The maximum atomic E-state index is 10.5. The number of aryl methyl sites for hydroxylation is 8. The van der Waals surface area contributed by atoms with Crippen molar-refractivity contribution in [1.82, 2.24) is 9.13 Å². The van der Waals surface area contributed by atoms with Crippen LogP contribution in [0, 0.1) is 133 Å². The second kappa shape index (κ2) is 13.2. The highest BCUT2D eigenvalue weighted by Gasteiger charge is 2.29. The fourth-order valence-electron chi connectivity index (χ4n) is 10.3. The van der Waals surface area contributed by atoms with Gasteiger partial charge in [0.25, 0.3) is 0 Å². The van der Waals surface area contributed by atoms with E-state index in [2.05, 4.69) is 144 Å². The number of hydrogen-bond donors (Lipinski definition) is 0. The Morgan fingerprint density at radius 2 is 0.534 bits per heavy atom. The fraction of sp³-hybridized carbons (Fsp3) is 0.296. The average Bonchev–Trinajstić information content (AvgIpc) is 3.78. The van der Waals surface area contributed by atoms with Crippen molar-refractivity contribution in [1.29, 1.82) is 10.5 Å². The zero-order valence-corrected chi connectivity index (χ0v) is 37.3. The van der Waals surface area contributed by atoms with Crippen molar-refractivity contribution in [3.63, 3.8) is 0 Å². The molecule has 0 radical (unpaired) electrons. The number of fused-ring (bicyclic) bond motifs is 6. The highest BCUT2D eigenvalue weighted by molar-refractivity contribution is 6.17. The lowest BCUT2D eigenvalue weighted by molar-refractivity contribution is 1.11. The first-order valence-electron chi connectivity index (χ1n) is 20.5. The first-order valence-corrected chi connectivity index (χ1v) is 20.5. The summed E-state index contributed by atoms with van der Waals surface area (Å²) in [5.74, 6) is 0. The number of rotatable bonds is 3. The summed E-state index contributed by atoms with van der Waals surface area (Å²) in [4.78, 5) is 0. The number of nitrogens with zero attached hydrogens (tertiary/aromatic N) is 4. The molecule has 58 heavy (non-hydrogen) atoms. The maximum Gasteiger partial charge on any atom is 0.0991 e. The van der Waals surface area contributed by atoms with Crippen LogP contribution in [0.15, 0.2) is 36.4 Å². The van der Waals surface area contributed by atoms with Crippen LogP contribution in [0.3, 0.4) is 0 Å². The molecule has 290 valence electrons. The normalized spacial score (nSPS) is 11.8. The van der Waals surface area contributed by atoms with Gasteiger partial charge in [0.2, 0.25) is 0 Å². The lowest BCUT2D eigenvalue weighted by Gasteiger charge is -2.22. The summed E-state index contributed by atoms with van der Waals surface area (Å²) in [7, 11) is 0. The van der Waals surface area contributed by atoms with Crippen molar-refractivity contribution >= 4 is 43.6 Å². The Kier molecular flexibility index (Phi) is 8.84. The summed E-state index contributed by atoms with van der Waals surface area (Å²) in [5, 5.41) is 26.2. The molecule has 0 bridgehead atoms. The predicted octanol–water partition coefficient (Wildman–Crippen LogP) is 14.2. The van der Waals surface area contributed by atoms with Gasteiger partial charge >= 0.3 is 0 Å². The summed E-state index contributed by atoms with van der Waals surface area (Å²) >= 11 is 0. The predicted molar refractivity (Wildman–Crippen MR) is 246 cm³/mol. The third-order valence-electron chi connectivity index (χ3n) is 15.0. The molecule has 0 fully saturated rings. The summed E-state index contributed by atoms with van der Waals surface area (Å²) in [6.45, 7) is 36.1. The Bertz CT molecular complexity index is 2910. The van der Waals surface area contributed by atoms with E-state index in [9.17, 15) is 10.5 Å². The van der Waals surface area contributed by atoms with E-state index in [4.69, 9.17) is 0 Å². The molecule has 0 amide bonds. The highest BCUT2D eigenvalue weighted by atomic mass is 15.0. The average molecular weight is 759 g/mol. The van der Waals surface area contributed by atoms with E-state index in [1.807, 2.05) is 24.3 Å². The van der Waals surface area contributed by atoms with Gasteiger partial charge in [0.15, 0.2) is 0 Å². The van der Waals surface area contributed by atoms with Crippen LogP contribution in [0.1, 0.15) is 100 Å². The molecule has 4 heteroatoms. The largest absolute Gasteiger partial charge is 0.308 e. The summed E-state index contributed by atoms with van der Waals surface area (Å²) < 4.78 is 4.98. The van der Waals surface area contributed by atoms with Crippen LogP contribution in [0.4, 0.5) is 0 Å². The molecule has 0 N–H and O–H groups in total. The summed E-state index contributed by atoms with van der Waals surface area (Å²) in [6, 6.07) is 17.2. The molecule has 0 atom stereocenters. The van der Waals surface area contributed by atoms with E-state index < -0.39 is 0 Å². The summed E-state index contributed by atoms with van der Waals surface area (Å²) in [5.41, 5.74) is 30.4. The van der Waals surface area contributed by atoms with E-state index >= 15 is 0 Å². The number of hydrogen-bond acceptors (Lipinski definition) is 2. The van der Waals surface area contributed by atoms with Crippen LogP contribution in [0.5, 0.6) is 0 Å². The number of benzene rings is 6. The lowest BCUT2D eigenvalue weighted by atomic mass is 9.90. The van der Waals surface area contributed by atoms with Crippen LogP contribution in [-0.4, -0.2) is 9.13 Å². The molecule has 8 rings (SSSR count). The molecule has 0 aliphatic rings. The molecule has 6 aromatic carbocycles. The van der Waals surface area contributed by atoms with Crippen molar-refractivity contribution in [3.8, 4) is 34.6 Å². The standard InChI is InChI=1S/C54H54N4/c1-25-29(5)37(13)51-47(33(25)9)48-34(10)26(2)30(6)38(14)52(48)57(51)45-19-17-41(23-55)21-43(45)44-22-42(24-56)18-20-46(44)58-53-39(15)31(7)27(3)35(11)49(53)50-36(12)28(4)32(8)40(16)54(50)58/h17-22H,1-16H3. The van der Waals surface area contributed by atoms with Gasteiger partial charge in [0, 0.05) is 32.7 Å². The van der Waals surface area contributed by atoms with Gasteiger partial charge in [-0.25, -0.2) is 0 Å². The van der Waals surface area contributed by atoms with Crippen molar-refractivity contribution < 1.29 is 0 Å². The zero-order chi connectivity index (χ0) is 42.1. The third kappa shape index (κ3) is 4.91.